The molecule has 0 unspecified atom stereocenters. The third-order valence-electron chi connectivity index (χ3n) is 3.99. The molecule has 7 nitrogen and oxygen atoms in total. The van der Waals surface area contributed by atoms with Crippen molar-refractivity contribution in [3.05, 3.63) is 59.9 Å². The number of nitrogens with zero attached hydrogens (tertiary/aromatic N) is 3. The number of ether oxygens (including phenoxy) is 1. The SMILES string of the molecule is COc1ccc(-c2nnc(SCC(=O)NCCc3ccc(F)cc3)n2N)cc1. The van der Waals surface area contributed by atoms with E-state index in [1.54, 1.807) is 19.2 Å². The van der Waals surface area contributed by atoms with E-state index in [4.69, 9.17) is 10.6 Å². The number of carbonyl (C=O) groups is 1. The molecule has 0 aliphatic carbocycles. The van der Waals surface area contributed by atoms with Gasteiger partial charge in [0.05, 0.1) is 12.9 Å². The smallest absolute Gasteiger partial charge is 0.230 e. The average Bonchev–Trinajstić information content (AvgIpc) is 3.08. The molecule has 3 aromatic rings. The van der Waals surface area contributed by atoms with Crippen molar-refractivity contribution in [3.8, 4) is 17.1 Å². The van der Waals surface area contributed by atoms with Crippen molar-refractivity contribution in [2.45, 2.75) is 11.6 Å². The van der Waals surface area contributed by atoms with Gasteiger partial charge in [-0.15, -0.1) is 10.2 Å². The fourth-order valence-corrected chi connectivity index (χ4v) is 3.18. The number of methoxy groups -OCH3 is 1. The quantitative estimate of drug-likeness (QED) is 0.444. The molecule has 1 amide bonds. The molecular weight excluding hydrogens is 381 g/mol. The van der Waals surface area contributed by atoms with Crippen LogP contribution in [-0.4, -0.2) is 40.2 Å². The molecule has 0 aliphatic rings. The van der Waals surface area contributed by atoms with E-state index in [-0.39, 0.29) is 17.5 Å². The number of rotatable bonds is 8. The van der Waals surface area contributed by atoms with E-state index in [1.165, 1.54) is 28.6 Å². The molecule has 0 bridgehead atoms. The fourth-order valence-electron chi connectivity index (χ4n) is 2.49. The van der Waals surface area contributed by atoms with Crippen molar-refractivity contribution in [1.82, 2.24) is 20.2 Å². The molecular formula is C19H20FN5O2S. The van der Waals surface area contributed by atoms with Crippen molar-refractivity contribution in [3.63, 3.8) is 0 Å². The first-order valence-corrected chi connectivity index (χ1v) is 9.54. The lowest BCUT2D eigenvalue weighted by molar-refractivity contribution is -0.118. The van der Waals surface area contributed by atoms with Gasteiger partial charge in [-0.25, -0.2) is 9.07 Å². The summed E-state index contributed by atoms with van der Waals surface area (Å²) in [6, 6.07) is 13.5. The number of carbonyl (C=O) groups excluding carboxylic acids is 1. The molecule has 3 N–H and O–H groups in total. The van der Waals surface area contributed by atoms with Gasteiger partial charge in [0.15, 0.2) is 5.82 Å². The predicted molar refractivity (Wildman–Crippen MR) is 106 cm³/mol. The normalized spacial score (nSPS) is 10.6. The van der Waals surface area contributed by atoms with E-state index in [9.17, 15) is 9.18 Å². The van der Waals surface area contributed by atoms with Crippen LogP contribution in [0.15, 0.2) is 53.7 Å². The molecule has 2 aromatic carbocycles. The molecule has 0 radical (unpaired) electrons. The summed E-state index contributed by atoms with van der Waals surface area (Å²) in [5.74, 6) is 7.05. The van der Waals surface area contributed by atoms with Crippen molar-refractivity contribution in [2.75, 3.05) is 25.3 Å². The Balaban J connectivity index is 1.49. The number of nitrogen functional groups attached to an aromatic ring is 1. The zero-order valence-electron chi connectivity index (χ0n) is 15.3. The van der Waals surface area contributed by atoms with Gasteiger partial charge in [-0.05, 0) is 48.4 Å². The fraction of sp³-hybridized carbons (Fsp3) is 0.211. The molecule has 3 rings (SSSR count). The Kier molecular flexibility index (Phi) is 6.49. The first-order valence-electron chi connectivity index (χ1n) is 8.55. The number of halogens is 1. The Morgan fingerprint density at radius 2 is 1.89 bits per heavy atom. The Bertz CT molecular complexity index is 929. The molecule has 146 valence electrons. The van der Waals surface area contributed by atoms with Crippen molar-refractivity contribution >= 4 is 17.7 Å². The topological polar surface area (TPSA) is 95.1 Å². The van der Waals surface area contributed by atoms with E-state index in [0.29, 0.717) is 23.9 Å². The summed E-state index contributed by atoms with van der Waals surface area (Å²) in [4.78, 5) is 12.0. The summed E-state index contributed by atoms with van der Waals surface area (Å²) in [6.07, 6.45) is 0.630. The Morgan fingerprint density at radius 3 is 2.57 bits per heavy atom. The van der Waals surface area contributed by atoms with E-state index < -0.39 is 0 Å². The summed E-state index contributed by atoms with van der Waals surface area (Å²) >= 11 is 1.20. The third kappa shape index (κ3) is 5.01. The molecule has 0 aliphatic heterocycles. The first-order chi connectivity index (χ1) is 13.6. The van der Waals surface area contributed by atoms with Crippen LogP contribution >= 0.6 is 11.8 Å². The highest BCUT2D eigenvalue weighted by Crippen LogP contribution is 2.23. The second kappa shape index (κ2) is 9.23. The van der Waals surface area contributed by atoms with Gasteiger partial charge in [0.2, 0.25) is 11.1 Å². The van der Waals surface area contributed by atoms with Crippen LogP contribution in [0.4, 0.5) is 4.39 Å². The molecule has 9 heteroatoms. The minimum atomic E-state index is -0.274. The van der Waals surface area contributed by atoms with Crippen LogP contribution in [0.1, 0.15) is 5.56 Å². The Hall–Kier alpha value is -3.07. The summed E-state index contributed by atoms with van der Waals surface area (Å²) < 4.78 is 19.4. The lowest BCUT2D eigenvalue weighted by Crippen LogP contribution is -2.27. The molecule has 0 spiro atoms. The number of thioether (sulfide) groups is 1. The highest BCUT2D eigenvalue weighted by Gasteiger charge is 2.13. The highest BCUT2D eigenvalue weighted by atomic mass is 32.2. The molecule has 28 heavy (non-hydrogen) atoms. The largest absolute Gasteiger partial charge is 0.497 e. The lowest BCUT2D eigenvalue weighted by Gasteiger charge is -2.06. The zero-order chi connectivity index (χ0) is 19.9. The molecule has 1 heterocycles. The maximum absolute atomic E-state index is 12.9. The van der Waals surface area contributed by atoms with E-state index in [1.807, 2.05) is 24.3 Å². The van der Waals surface area contributed by atoms with Crippen LogP contribution in [0.3, 0.4) is 0 Å². The standard InChI is InChI=1S/C19H20FN5O2S/c1-27-16-8-4-14(5-9-16)18-23-24-19(25(18)21)28-12-17(26)22-11-10-13-2-6-15(20)7-3-13/h2-9H,10-12,21H2,1H3,(H,22,26). The van der Waals surface area contributed by atoms with Crippen LogP contribution in [0.25, 0.3) is 11.4 Å². The van der Waals surface area contributed by atoms with E-state index in [2.05, 4.69) is 15.5 Å². The minimum Gasteiger partial charge on any atom is -0.497 e. The highest BCUT2D eigenvalue weighted by molar-refractivity contribution is 7.99. The van der Waals surface area contributed by atoms with Crippen LogP contribution in [0.2, 0.25) is 0 Å². The molecule has 1 aromatic heterocycles. The molecule has 0 saturated heterocycles. The van der Waals surface area contributed by atoms with Gasteiger partial charge in [-0.2, -0.15) is 0 Å². The van der Waals surface area contributed by atoms with Gasteiger partial charge >= 0.3 is 0 Å². The van der Waals surface area contributed by atoms with Crippen LogP contribution in [0, 0.1) is 5.82 Å². The van der Waals surface area contributed by atoms with Crippen LogP contribution < -0.4 is 15.9 Å². The number of aromatic nitrogens is 3. The van der Waals surface area contributed by atoms with Gasteiger partial charge < -0.3 is 15.9 Å². The van der Waals surface area contributed by atoms with E-state index in [0.717, 1.165) is 16.9 Å². The average molecular weight is 401 g/mol. The molecule has 0 saturated carbocycles. The number of hydrogen-bond donors (Lipinski definition) is 2. The van der Waals surface area contributed by atoms with Gasteiger partial charge in [0.1, 0.15) is 11.6 Å². The second-order valence-electron chi connectivity index (χ2n) is 5.92. The monoisotopic (exact) mass is 401 g/mol. The van der Waals surface area contributed by atoms with Crippen molar-refractivity contribution < 1.29 is 13.9 Å². The molecule has 0 fully saturated rings. The van der Waals surface area contributed by atoms with Gasteiger partial charge in [-0.1, -0.05) is 23.9 Å². The number of nitrogens with one attached hydrogen (secondary N) is 1. The third-order valence-corrected chi connectivity index (χ3v) is 4.94. The maximum atomic E-state index is 12.9. The Morgan fingerprint density at radius 1 is 1.18 bits per heavy atom. The Labute approximate surface area is 166 Å². The summed E-state index contributed by atoms with van der Waals surface area (Å²) in [5.41, 5.74) is 1.76. The van der Waals surface area contributed by atoms with Crippen molar-refractivity contribution in [2.24, 2.45) is 0 Å². The summed E-state index contributed by atoms with van der Waals surface area (Å²) in [5, 5.41) is 11.4. The lowest BCUT2D eigenvalue weighted by atomic mass is 10.1. The zero-order valence-corrected chi connectivity index (χ0v) is 16.1. The van der Waals surface area contributed by atoms with Gasteiger partial charge in [0.25, 0.3) is 0 Å². The summed E-state index contributed by atoms with van der Waals surface area (Å²) in [7, 11) is 1.60. The van der Waals surface area contributed by atoms with E-state index >= 15 is 0 Å². The number of nitrogens with two attached hydrogens (primary N) is 1. The van der Waals surface area contributed by atoms with Crippen LogP contribution in [0.5, 0.6) is 5.75 Å². The van der Waals surface area contributed by atoms with Gasteiger partial charge in [0, 0.05) is 12.1 Å². The number of benzene rings is 2. The molecule has 0 atom stereocenters. The number of hydrogen-bond acceptors (Lipinski definition) is 6. The van der Waals surface area contributed by atoms with Crippen molar-refractivity contribution in [1.29, 1.82) is 0 Å². The predicted octanol–water partition coefficient (Wildman–Crippen LogP) is 2.26. The van der Waals surface area contributed by atoms with Gasteiger partial charge in [-0.3, -0.25) is 4.79 Å². The minimum absolute atomic E-state index is 0.138. The second-order valence-corrected chi connectivity index (χ2v) is 6.86. The first kappa shape index (κ1) is 19.7. The number of amides is 1. The van der Waals surface area contributed by atoms with Crippen LogP contribution in [-0.2, 0) is 11.2 Å². The maximum Gasteiger partial charge on any atom is 0.230 e. The summed E-state index contributed by atoms with van der Waals surface area (Å²) in [6.45, 7) is 0.470.